The fourth-order valence-electron chi connectivity index (χ4n) is 2.63. The standard InChI is InChI=1S/C14H16FNO3/c1-9-2-5-14(17)11(6-9)7-10-3-4-13(16(18)19)12(15)8-10/h3-4,8-9,11H,2,5-7H2,1H3. The molecule has 0 saturated heterocycles. The number of hydrogen-bond donors (Lipinski definition) is 0. The van der Waals surface area contributed by atoms with E-state index in [0.717, 1.165) is 12.8 Å². The molecule has 19 heavy (non-hydrogen) atoms. The maximum absolute atomic E-state index is 13.5. The first-order valence-corrected chi connectivity index (χ1v) is 6.43. The summed E-state index contributed by atoms with van der Waals surface area (Å²) in [7, 11) is 0. The van der Waals surface area contributed by atoms with Gasteiger partial charge in [0, 0.05) is 18.4 Å². The molecule has 0 radical (unpaired) electrons. The van der Waals surface area contributed by atoms with Gasteiger partial charge in [-0.1, -0.05) is 13.0 Å². The maximum Gasteiger partial charge on any atom is 0.304 e. The van der Waals surface area contributed by atoms with Gasteiger partial charge in [0.1, 0.15) is 5.78 Å². The zero-order valence-corrected chi connectivity index (χ0v) is 10.8. The van der Waals surface area contributed by atoms with Crippen molar-refractivity contribution in [2.75, 3.05) is 0 Å². The molecule has 0 spiro atoms. The summed E-state index contributed by atoms with van der Waals surface area (Å²) >= 11 is 0. The molecule has 1 aromatic rings. The fourth-order valence-corrected chi connectivity index (χ4v) is 2.63. The van der Waals surface area contributed by atoms with Crippen LogP contribution in [0.5, 0.6) is 0 Å². The Balaban J connectivity index is 2.13. The van der Waals surface area contributed by atoms with Gasteiger partial charge in [0.25, 0.3) is 0 Å². The van der Waals surface area contributed by atoms with Gasteiger partial charge in [0.2, 0.25) is 5.82 Å². The minimum atomic E-state index is -0.834. The minimum absolute atomic E-state index is 0.0791. The van der Waals surface area contributed by atoms with E-state index in [1.807, 2.05) is 0 Å². The molecule has 0 N–H and O–H groups in total. The van der Waals surface area contributed by atoms with Gasteiger partial charge >= 0.3 is 5.69 Å². The van der Waals surface area contributed by atoms with Gasteiger partial charge < -0.3 is 0 Å². The maximum atomic E-state index is 13.5. The van der Waals surface area contributed by atoms with E-state index in [9.17, 15) is 19.3 Å². The van der Waals surface area contributed by atoms with Gasteiger partial charge in [-0.05, 0) is 36.8 Å². The summed E-state index contributed by atoms with van der Waals surface area (Å²) in [6.45, 7) is 2.11. The van der Waals surface area contributed by atoms with Crippen molar-refractivity contribution in [2.24, 2.45) is 11.8 Å². The third-order valence-electron chi connectivity index (χ3n) is 3.72. The van der Waals surface area contributed by atoms with Crippen LogP contribution in [0.25, 0.3) is 0 Å². The number of rotatable bonds is 3. The van der Waals surface area contributed by atoms with Crippen LogP contribution >= 0.6 is 0 Å². The average Bonchev–Trinajstić information content (AvgIpc) is 2.33. The lowest BCUT2D eigenvalue weighted by molar-refractivity contribution is -0.387. The highest BCUT2D eigenvalue weighted by Crippen LogP contribution is 2.29. The molecule has 1 aliphatic carbocycles. The Morgan fingerprint density at radius 2 is 2.21 bits per heavy atom. The van der Waals surface area contributed by atoms with E-state index >= 15 is 0 Å². The Morgan fingerprint density at radius 3 is 2.84 bits per heavy atom. The number of halogens is 1. The smallest absolute Gasteiger partial charge is 0.299 e. The largest absolute Gasteiger partial charge is 0.304 e. The van der Waals surface area contributed by atoms with Crippen molar-refractivity contribution in [3.8, 4) is 0 Å². The van der Waals surface area contributed by atoms with Crippen molar-refractivity contribution >= 4 is 11.5 Å². The molecule has 0 heterocycles. The van der Waals surface area contributed by atoms with Crippen LogP contribution in [0.3, 0.4) is 0 Å². The van der Waals surface area contributed by atoms with E-state index in [1.54, 1.807) is 0 Å². The monoisotopic (exact) mass is 265 g/mol. The predicted molar refractivity (Wildman–Crippen MR) is 68.3 cm³/mol. The summed E-state index contributed by atoms with van der Waals surface area (Å²) in [6.07, 6.45) is 2.79. The summed E-state index contributed by atoms with van der Waals surface area (Å²) in [5.74, 6) is -0.189. The van der Waals surface area contributed by atoms with Gasteiger partial charge in [-0.25, -0.2) is 0 Å². The lowest BCUT2D eigenvalue weighted by Gasteiger charge is -2.25. The molecule has 2 atom stereocenters. The number of ketones is 1. The van der Waals surface area contributed by atoms with Crippen molar-refractivity contribution < 1.29 is 14.1 Å². The van der Waals surface area contributed by atoms with Crippen molar-refractivity contribution in [3.63, 3.8) is 0 Å². The molecule has 0 bridgehead atoms. The van der Waals surface area contributed by atoms with Crippen molar-refractivity contribution in [1.82, 2.24) is 0 Å². The molecule has 2 unspecified atom stereocenters. The SMILES string of the molecule is CC1CCC(=O)C(Cc2ccc([N+](=O)[O-])c(F)c2)C1. The number of Topliss-reactive ketones (excluding diaryl/α,β-unsaturated/α-hetero) is 1. The lowest BCUT2D eigenvalue weighted by atomic mass is 9.78. The molecular formula is C14H16FNO3. The number of nitrogens with zero attached hydrogens (tertiary/aromatic N) is 1. The van der Waals surface area contributed by atoms with E-state index in [1.165, 1.54) is 18.2 Å². The van der Waals surface area contributed by atoms with Crippen LogP contribution in [-0.4, -0.2) is 10.7 Å². The summed E-state index contributed by atoms with van der Waals surface area (Å²) in [5.41, 5.74) is 0.127. The van der Waals surface area contributed by atoms with Crippen molar-refractivity contribution in [3.05, 3.63) is 39.7 Å². The molecule has 1 saturated carbocycles. The van der Waals surface area contributed by atoms with Gasteiger partial charge in [-0.2, -0.15) is 4.39 Å². The summed E-state index contributed by atoms with van der Waals surface area (Å²) in [5, 5.41) is 10.5. The fraction of sp³-hybridized carbons (Fsp3) is 0.500. The topological polar surface area (TPSA) is 60.2 Å². The van der Waals surface area contributed by atoms with Gasteiger partial charge in [-0.3, -0.25) is 14.9 Å². The Hall–Kier alpha value is -1.78. The normalized spacial score (nSPS) is 23.4. The second-order valence-corrected chi connectivity index (χ2v) is 5.29. The van der Waals surface area contributed by atoms with Crippen LogP contribution in [-0.2, 0) is 11.2 Å². The Bertz CT molecular complexity index is 515. The van der Waals surface area contributed by atoms with Crippen LogP contribution in [0.2, 0.25) is 0 Å². The highest BCUT2D eigenvalue weighted by molar-refractivity contribution is 5.82. The molecule has 2 rings (SSSR count). The molecule has 0 amide bonds. The quantitative estimate of drug-likeness (QED) is 0.622. The molecule has 1 aromatic carbocycles. The molecule has 0 aliphatic heterocycles. The number of nitro benzene ring substituents is 1. The molecule has 4 nitrogen and oxygen atoms in total. The average molecular weight is 265 g/mol. The molecular weight excluding hydrogens is 249 g/mol. The van der Waals surface area contributed by atoms with Gasteiger partial charge in [0.05, 0.1) is 4.92 Å². The Morgan fingerprint density at radius 1 is 1.47 bits per heavy atom. The lowest BCUT2D eigenvalue weighted by Crippen LogP contribution is -2.25. The first kappa shape index (κ1) is 13.6. The number of benzene rings is 1. The number of hydrogen-bond acceptors (Lipinski definition) is 3. The van der Waals surface area contributed by atoms with Crippen LogP contribution < -0.4 is 0 Å². The van der Waals surface area contributed by atoms with Crippen molar-refractivity contribution in [2.45, 2.75) is 32.6 Å². The number of carbonyl (C=O) groups excluding carboxylic acids is 1. The summed E-state index contributed by atoms with van der Waals surface area (Å²) < 4.78 is 13.5. The first-order valence-electron chi connectivity index (χ1n) is 6.43. The third-order valence-corrected chi connectivity index (χ3v) is 3.72. The molecule has 0 aromatic heterocycles. The second kappa shape index (κ2) is 5.47. The van der Waals surface area contributed by atoms with Crippen LogP contribution in [0, 0.1) is 27.8 Å². The third kappa shape index (κ3) is 3.16. The second-order valence-electron chi connectivity index (χ2n) is 5.29. The van der Waals surface area contributed by atoms with E-state index < -0.39 is 16.4 Å². The van der Waals surface area contributed by atoms with E-state index in [-0.39, 0.29) is 11.7 Å². The van der Waals surface area contributed by atoms with Crippen molar-refractivity contribution in [1.29, 1.82) is 0 Å². The van der Waals surface area contributed by atoms with Gasteiger partial charge in [0.15, 0.2) is 0 Å². The number of nitro groups is 1. The Labute approximate surface area is 110 Å². The van der Waals surface area contributed by atoms with Crippen LogP contribution in [0.1, 0.15) is 31.7 Å². The Kier molecular flexibility index (Phi) is 3.93. The molecule has 1 aliphatic rings. The highest BCUT2D eigenvalue weighted by Gasteiger charge is 2.27. The molecule has 1 fully saturated rings. The molecule has 102 valence electrons. The summed E-state index contributed by atoms with van der Waals surface area (Å²) in [6, 6.07) is 3.87. The van der Waals surface area contributed by atoms with Crippen LogP contribution in [0.4, 0.5) is 10.1 Å². The molecule has 5 heteroatoms. The predicted octanol–water partition coefficient (Wildman–Crippen LogP) is 3.28. The van der Waals surface area contributed by atoms with Gasteiger partial charge in [-0.15, -0.1) is 0 Å². The zero-order valence-electron chi connectivity index (χ0n) is 10.8. The van der Waals surface area contributed by atoms with Crippen LogP contribution in [0.15, 0.2) is 18.2 Å². The van der Waals surface area contributed by atoms with E-state index in [0.29, 0.717) is 24.3 Å². The number of carbonyl (C=O) groups is 1. The highest BCUT2D eigenvalue weighted by atomic mass is 19.1. The summed E-state index contributed by atoms with van der Waals surface area (Å²) in [4.78, 5) is 21.6. The minimum Gasteiger partial charge on any atom is -0.299 e. The first-order chi connectivity index (χ1) is 8.97. The zero-order chi connectivity index (χ0) is 14.0. The van der Waals surface area contributed by atoms with E-state index in [4.69, 9.17) is 0 Å². The van der Waals surface area contributed by atoms with E-state index in [2.05, 4.69) is 6.92 Å².